The number of nitrogens with zero attached hydrogens (tertiary/aromatic N) is 3. The predicted octanol–water partition coefficient (Wildman–Crippen LogP) is 3.40. The maximum Gasteiger partial charge on any atom is 0.243 e. The highest BCUT2D eigenvalue weighted by atomic mass is 32.1. The molecule has 0 aliphatic rings. The number of thiophene rings is 1. The van der Waals surface area contributed by atoms with Crippen LogP contribution in [0.3, 0.4) is 0 Å². The van der Waals surface area contributed by atoms with Crippen molar-refractivity contribution in [3.63, 3.8) is 0 Å². The smallest absolute Gasteiger partial charge is 0.243 e. The first-order chi connectivity index (χ1) is 12.9. The van der Waals surface area contributed by atoms with Gasteiger partial charge < -0.3 is 19.7 Å². The van der Waals surface area contributed by atoms with Crippen molar-refractivity contribution in [2.45, 2.75) is 13.8 Å². The maximum absolute atomic E-state index is 12.6. The Kier molecular flexibility index (Phi) is 5.46. The summed E-state index contributed by atoms with van der Waals surface area (Å²) in [5.41, 5.74) is 1.72. The van der Waals surface area contributed by atoms with Gasteiger partial charge in [-0.1, -0.05) is 0 Å². The van der Waals surface area contributed by atoms with Crippen molar-refractivity contribution >= 4 is 39.0 Å². The van der Waals surface area contributed by atoms with Gasteiger partial charge in [0.25, 0.3) is 0 Å². The minimum absolute atomic E-state index is 0.153. The van der Waals surface area contributed by atoms with E-state index < -0.39 is 0 Å². The van der Waals surface area contributed by atoms with E-state index in [0.717, 1.165) is 21.6 Å². The molecule has 0 saturated carbocycles. The second-order valence-corrected chi connectivity index (χ2v) is 7.06. The molecule has 0 aliphatic heterocycles. The number of amides is 1. The first kappa shape index (κ1) is 18.9. The number of fused-ring (bicyclic) bond motifs is 1. The average molecular weight is 386 g/mol. The highest BCUT2D eigenvalue weighted by Crippen LogP contribution is 2.31. The van der Waals surface area contributed by atoms with E-state index in [2.05, 4.69) is 20.7 Å². The molecular weight excluding hydrogens is 364 g/mol. The fourth-order valence-electron chi connectivity index (χ4n) is 2.81. The minimum Gasteiger partial charge on any atom is -0.497 e. The zero-order chi connectivity index (χ0) is 19.6. The number of anilines is 2. The number of aryl methyl sites for hydroxylation is 2. The number of nitrogens with one attached hydrogen (secondary N) is 1. The summed E-state index contributed by atoms with van der Waals surface area (Å²) < 4.78 is 10.5. The molecule has 1 aromatic carbocycles. The zero-order valence-electron chi connectivity index (χ0n) is 16.0. The number of ether oxygens (including phenoxy) is 2. The van der Waals surface area contributed by atoms with Crippen molar-refractivity contribution in [3.05, 3.63) is 35.0 Å². The van der Waals surface area contributed by atoms with Crippen LogP contribution < -0.4 is 19.7 Å². The van der Waals surface area contributed by atoms with Crippen LogP contribution >= 0.6 is 11.3 Å². The lowest BCUT2D eigenvalue weighted by molar-refractivity contribution is -0.114. The highest BCUT2D eigenvalue weighted by Gasteiger charge is 2.16. The Morgan fingerprint density at radius 1 is 1.15 bits per heavy atom. The van der Waals surface area contributed by atoms with Crippen LogP contribution in [0.1, 0.15) is 11.4 Å². The van der Waals surface area contributed by atoms with Crippen LogP contribution in [0.15, 0.2) is 23.6 Å². The summed E-state index contributed by atoms with van der Waals surface area (Å²) in [6.45, 7) is 4.03. The lowest BCUT2D eigenvalue weighted by atomic mass is 10.2. The number of hydrogen-bond donors (Lipinski definition) is 1. The molecule has 7 nitrogen and oxygen atoms in total. The van der Waals surface area contributed by atoms with Crippen molar-refractivity contribution < 1.29 is 14.3 Å². The van der Waals surface area contributed by atoms with E-state index >= 15 is 0 Å². The van der Waals surface area contributed by atoms with Gasteiger partial charge in [-0.15, -0.1) is 11.3 Å². The summed E-state index contributed by atoms with van der Waals surface area (Å²) in [4.78, 5) is 24.4. The van der Waals surface area contributed by atoms with Crippen LogP contribution in [0, 0.1) is 13.8 Å². The lowest BCUT2D eigenvalue weighted by Gasteiger charge is -2.19. The molecule has 0 bridgehead atoms. The zero-order valence-corrected chi connectivity index (χ0v) is 16.8. The van der Waals surface area contributed by atoms with Crippen molar-refractivity contribution in [1.82, 2.24) is 9.97 Å². The molecule has 8 heteroatoms. The van der Waals surface area contributed by atoms with Crippen LogP contribution in [0.5, 0.6) is 11.5 Å². The number of hydrogen-bond acceptors (Lipinski definition) is 7. The van der Waals surface area contributed by atoms with Gasteiger partial charge in [0.05, 0.1) is 26.2 Å². The molecule has 1 N–H and O–H groups in total. The van der Waals surface area contributed by atoms with Crippen molar-refractivity contribution in [3.8, 4) is 11.5 Å². The van der Waals surface area contributed by atoms with Gasteiger partial charge in [-0.25, -0.2) is 9.97 Å². The van der Waals surface area contributed by atoms with Crippen LogP contribution in [-0.4, -0.2) is 43.7 Å². The largest absolute Gasteiger partial charge is 0.497 e. The van der Waals surface area contributed by atoms with Gasteiger partial charge >= 0.3 is 0 Å². The molecule has 0 fully saturated rings. The first-order valence-electron chi connectivity index (χ1n) is 8.37. The SMILES string of the molecule is COc1cc(NC(=O)CN(C)c2nc(C)nc3scc(C)c23)cc(OC)c1. The normalized spacial score (nSPS) is 10.7. The van der Waals surface area contributed by atoms with Gasteiger partial charge in [-0.2, -0.15) is 0 Å². The third-order valence-corrected chi connectivity index (χ3v) is 5.08. The van der Waals surface area contributed by atoms with E-state index in [-0.39, 0.29) is 12.5 Å². The molecule has 3 rings (SSSR count). The lowest BCUT2D eigenvalue weighted by Crippen LogP contribution is -2.31. The molecule has 0 spiro atoms. The van der Waals surface area contributed by atoms with Gasteiger partial charge in [0.15, 0.2) is 0 Å². The second-order valence-electron chi connectivity index (χ2n) is 6.20. The highest BCUT2D eigenvalue weighted by molar-refractivity contribution is 7.17. The summed E-state index contributed by atoms with van der Waals surface area (Å²) in [5.74, 6) is 2.50. The number of benzene rings is 1. The third kappa shape index (κ3) is 4.11. The standard InChI is InChI=1S/C19H22N4O3S/c1-11-10-27-19-17(11)18(20-12(2)21-19)23(3)9-16(24)22-13-6-14(25-4)8-15(7-13)26-5/h6-8,10H,9H2,1-5H3,(H,22,24). The van der Waals surface area contributed by atoms with E-state index in [1.165, 1.54) is 0 Å². The number of carbonyl (C=O) groups excluding carboxylic acids is 1. The van der Waals surface area contributed by atoms with Crippen LogP contribution in [0.25, 0.3) is 10.2 Å². The topological polar surface area (TPSA) is 76.6 Å². The van der Waals surface area contributed by atoms with Gasteiger partial charge in [0.2, 0.25) is 5.91 Å². The van der Waals surface area contributed by atoms with E-state index in [1.54, 1.807) is 43.8 Å². The summed E-state index contributed by atoms with van der Waals surface area (Å²) in [5, 5.41) is 5.93. The Morgan fingerprint density at radius 3 is 2.44 bits per heavy atom. The summed E-state index contributed by atoms with van der Waals surface area (Å²) in [6, 6.07) is 5.24. The van der Waals surface area contributed by atoms with Crippen LogP contribution in [-0.2, 0) is 4.79 Å². The number of rotatable bonds is 6. The molecule has 3 aromatic rings. The molecule has 0 radical (unpaired) electrons. The van der Waals surface area contributed by atoms with Crippen LogP contribution in [0.4, 0.5) is 11.5 Å². The van der Waals surface area contributed by atoms with E-state index in [0.29, 0.717) is 23.0 Å². The predicted molar refractivity (Wildman–Crippen MR) is 108 cm³/mol. The maximum atomic E-state index is 12.6. The number of aromatic nitrogens is 2. The quantitative estimate of drug-likeness (QED) is 0.700. The van der Waals surface area contributed by atoms with Gasteiger partial charge in [-0.05, 0) is 24.8 Å². The Hall–Kier alpha value is -2.87. The monoisotopic (exact) mass is 386 g/mol. The molecule has 2 aromatic heterocycles. The number of carbonyl (C=O) groups is 1. The molecule has 142 valence electrons. The van der Waals surface area contributed by atoms with Gasteiger partial charge in [0, 0.05) is 30.9 Å². The van der Waals surface area contributed by atoms with Crippen molar-refractivity contribution in [1.29, 1.82) is 0 Å². The molecule has 1 amide bonds. The fraction of sp³-hybridized carbons (Fsp3) is 0.316. The molecule has 2 heterocycles. The van der Waals surface area contributed by atoms with E-state index in [9.17, 15) is 4.79 Å². The van der Waals surface area contributed by atoms with Gasteiger partial charge in [0.1, 0.15) is 28.0 Å². The second kappa shape index (κ2) is 7.79. The summed E-state index contributed by atoms with van der Waals surface area (Å²) >= 11 is 1.58. The Labute approximate surface area is 162 Å². The van der Waals surface area contributed by atoms with Crippen molar-refractivity contribution in [2.24, 2.45) is 0 Å². The first-order valence-corrected chi connectivity index (χ1v) is 9.25. The Bertz CT molecular complexity index is 964. The Morgan fingerprint density at radius 2 is 1.81 bits per heavy atom. The number of likely N-dealkylation sites (N-methyl/N-ethyl adjacent to an activating group) is 1. The fourth-order valence-corrected chi connectivity index (χ4v) is 3.77. The summed E-state index contributed by atoms with van der Waals surface area (Å²) in [6.07, 6.45) is 0. The van der Waals surface area contributed by atoms with Crippen LogP contribution in [0.2, 0.25) is 0 Å². The third-order valence-electron chi connectivity index (χ3n) is 4.09. The van der Waals surface area contributed by atoms with E-state index in [1.807, 2.05) is 25.8 Å². The molecule has 0 saturated heterocycles. The van der Waals surface area contributed by atoms with Gasteiger partial charge in [-0.3, -0.25) is 4.79 Å². The molecule has 0 atom stereocenters. The summed E-state index contributed by atoms with van der Waals surface area (Å²) in [7, 11) is 4.99. The average Bonchev–Trinajstić information content (AvgIpc) is 3.01. The molecule has 27 heavy (non-hydrogen) atoms. The van der Waals surface area contributed by atoms with Crippen molar-refractivity contribution in [2.75, 3.05) is 38.0 Å². The molecule has 0 unspecified atom stereocenters. The van der Waals surface area contributed by atoms with E-state index in [4.69, 9.17) is 9.47 Å². The minimum atomic E-state index is -0.162. The molecule has 0 aliphatic carbocycles. The Balaban J connectivity index is 1.80. The molecular formula is C19H22N4O3S. The number of methoxy groups -OCH3 is 2.